The van der Waals surface area contributed by atoms with E-state index in [1.54, 1.807) is 15.7 Å². The van der Waals surface area contributed by atoms with Crippen molar-refractivity contribution in [1.82, 2.24) is 8.61 Å². The zero-order valence-corrected chi connectivity index (χ0v) is 12.4. The molecule has 2 saturated heterocycles. The summed E-state index contributed by atoms with van der Waals surface area (Å²) in [5, 5.41) is 0. The van der Waals surface area contributed by atoms with E-state index < -0.39 is 10.2 Å². The molecule has 0 radical (unpaired) electrons. The molecule has 0 atom stereocenters. The molecule has 0 spiro atoms. The molecule has 0 aliphatic carbocycles. The van der Waals surface area contributed by atoms with Gasteiger partial charge >= 0.3 is 0 Å². The van der Waals surface area contributed by atoms with E-state index in [2.05, 4.69) is 0 Å². The number of methoxy groups -OCH3 is 1. The largest absolute Gasteiger partial charge is 0.381 e. The standard InChI is InChI=1S/C12H25N3O3S/c1-18-12-4-8-15(9-5-12)19(16,17)14-6-2-11(10-13)3-7-14/h11-12H,2-10,13H2,1H3. The zero-order valence-electron chi connectivity index (χ0n) is 11.6. The lowest BCUT2D eigenvalue weighted by atomic mass is 9.99. The van der Waals surface area contributed by atoms with Crippen molar-refractivity contribution >= 4 is 10.2 Å². The van der Waals surface area contributed by atoms with Crippen molar-refractivity contribution in [3.05, 3.63) is 0 Å². The first kappa shape index (κ1) is 15.2. The summed E-state index contributed by atoms with van der Waals surface area (Å²) >= 11 is 0. The van der Waals surface area contributed by atoms with Crippen molar-refractivity contribution in [3.63, 3.8) is 0 Å². The molecule has 6 nitrogen and oxygen atoms in total. The minimum atomic E-state index is -3.28. The van der Waals surface area contributed by atoms with Crippen LogP contribution in [0.2, 0.25) is 0 Å². The Bertz CT molecular complexity index is 342. The summed E-state index contributed by atoms with van der Waals surface area (Å²) in [6, 6.07) is 0. The Hall–Kier alpha value is -0.210. The second-order valence-electron chi connectivity index (χ2n) is 5.42. The van der Waals surface area contributed by atoms with Crippen molar-refractivity contribution in [2.24, 2.45) is 11.7 Å². The number of nitrogens with zero attached hydrogens (tertiary/aromatic N) is 2. The maximum absolute atomic E-state index is 12.5. The summed E-state index contributed by atoms with van der Waals surface area (Å²) < 4.78 is 33.5. The average molecular weight is 291 g/mol. The molecule has 0 bridgehead atoms. The summed E-state index contributed by atoms with van der Waals surface area (Å²) in [5.41, 5.74) is 5.64. The molecule has 7 heteroatoms. The number of ether oxygens (including phenoxy) is 1. The Morgan fingerprint density at radius 3 is 1.95 bits per heavy atom. The quantitative estimate of drug-likeness (QED) is 0.792. The van der Waals surface area contributed by atoms with Gasteiger partial charge in [-0.15, -0.1) is 0 Å². The van der Waals surface area contributed by atoms with E-state index in [0.29, 0.717) is 38.6 Å². The van der Waals surface area contributed by atoms with Crippen LogP contribution < -0.4 is 5.73 Å². The predicted octanol–water partition coefficient (Wildman–Crippen LogP) is 0.0127. The van der Waals surface area contributed by atoms with Crippen LogP contribution in [0.4, 0.5) is 0 Å². The van der Waals surface area contributed by atoms with Crippen LogP contribution in [0.3, 0.4) is 0 Å². The van der Waals surface area contributed by atoms with Crippen LogP contribution in [0.1, 0.15) is 25.7 Å². The SMILES string of the molecule is COC1CCN(S(=O)(=O)N2CCC(CN)CC2)CC1. The molecule has 19 heavy (non-hydrogen) atoms. The lowest BCUT2D eigenvalue weighted by Gasteiger charge is -2.37. The third-order valence-electron chi connectivity index (χ3n) is 4.29. The lowest BCUT2D eigenvalue weighted by molar-refractivity contribution is 0.0587. The fraction of sp³-hybridized carbons (Fsp3) is 1.00. The third-order valence-corrected chi connectivity index (χ3v) is 6.33. The highest BCUT2D eigenvalue weighted by molar-refractivity contribution is 7.86. The molecule has 2 heterocycles. The van der Waals surface area contributed by atoms with Crippen molar-refractivity contribution < 1.29 is 13.2 Å². The fourth-order valence-electron chi connectivity index (χ4n) is 2.84. The van der Waals surface area contributed by atoms with Gasteiger partial charge in [-0.1, -0.05) is 0 Å². The van der Waals surface area contributed by atoms with Gasteiger partial charge in [0.15, 0.2) is 0 Å². The summed E-state index contributed by atoms with van der Waals surface area (Å²) in [6.45, 7) is 3.01. The Balaban J connectivity index is 1.92. The van der Waals surface area contributed by atoms with E-state index in [4.69, 9.17) is 10.5 Å². The predicted molar refractivity (Wildman–Crippen MR) is 73.9 cm³/mol. The van der Waals surface area contributed by atoms with Crippen LogP contribution in [-0.2, 0) is 14.9 Å². The maximum atomic E-state index is 12.5. The van der Waals surface area contributed by atoms with Gasteiger partial charge in [0.1, 0.15) is 0 Å². The molecule has 112 valence electrons. The van der Waals surface area contributed by atoms with Gasteiger partial charge in [-0.2, -0.15) is 17.0 Å². The molecule has 2 aliphatic rings. The van der Waals surface area contributed by atoms with E-state index in [1.165, 1.54) is 0 Å². The molecule has 0 aromatic heterocycles. The van der Waals surface area contributed by atoms with Gasteiger partial charge in [-0.3, -0.25) is 0 Å². The Morgan fingerprint density at radius 1 is 1.05 bits per heavy atom. The van der Waals surface area contributed by atoms with Crippen LogP contribution in [0.25, 0.3) is 0 Å². The van der Waals surface area contributed by atoms with Crippen molar-refractivity contribution in [3.8, 4) is 0 Å². The molecular formula is C12H25N3O3S. The van der Waals surface area contributed by atoms with E-state index in [0.717, 1.165) is 25.7 Å². The van der Waals surface area contributed by atoms with Gasteiger partial charge in [0.05, 0.1) is 6.10 Å². The summed E-state index contributed by atoms with van der Waals surface area (Å²) in [4.78, 5) is 0. The minimum absolute atomic E-state index is 0.203. The molecular weight excluding hydrogens is 266 g/mol. The smallest absolute Gasteiger partial charge is 0.281 e. The van der Waals surface area contributed by atoms with Gasteiger partial charge in [0.2, 0.25) is 0 Å². The highest BCUT2D eigenvalue weighted by atomic mass is 32.2. The van der Waals surface area contributed by atoms with Gasteiger partial charge in [0, 0.05) is 33.3 Å². The zero-order chi connectivity index (χ0) is 13.9. The number of piperidine rings is 2. The first-order valence-electron chi connectivity index (χ1n) is 7.06. The average Bonchev–Trinajstić information content (AvgIpc) is 2.47. The van der Waals surface area contributed by atoms with Crippen LogP contribution >= 0.6 is 0 Å². The van der Waals surface area contributed by atoms with Gasteiger partial charge < -0.3 is 10.5 Å². The van der Waals surface area contributed by atoms with Crippen LogP contribution in [0.5, 0.6) is 0 Å². The lowest BCUT2D eigenvalue weighted by Crippen LogP contribution is -2.50. The van der Waals surface area contributed by atoms with Gasteiger partial charge in [-0.05, 0) is 38.1 Å². The Kier molecular flexibility index (Phi) is 5.19. The van der Waals surface area contributed by atoms with Gasteiger partial charge in [-0.25, -0.2) is 0 Å². The Labute approximate surface area is 116 Å². The first-order valence-corrected chi connectivity index (χ1v) is 8.45. The molecule has 0 aromatic rings. The molecule has 2 N–H and O–H groups in total. The molecule has 0 unspecified atom stereocenters. The normalized spacial score (nSPS) is 25.8. The summed E-state index contributed by atoms with van der Waals surface area (Å²) in [6.07, 6.45) is 3.54. The minimum Gasteiger partial charge on any atom is -0.381 e. The molecule has 2 rings (SSSR count). The van der Waals surface area contributed by atoms with Crippen molar-refractivity contribution in [2.75, 3.05) is 39.8 Å². The third kappa shape index (κ3) is 3.46. The van der Waals surface area contributed by atoms with E-state index >= 15 is 0 Å². The van der Waals surface area contributed by atoms with Crippen molar-refractivity contribution in [2.45, 2.75) is 31.8 Å². The van der Waals surface area contributed by atoms with E-state index in [9.17, 15) is 8.42 Å². The second-order valence-corrected chi connectivity index (χ2v) is 7.35. The molecule has 0 saturated carbocycles. The van der Waals surface area contributed by atoms with E-state index in [-0.39, 0.29) is 6.10 Å². The number of hydrogen-bond acceptors (Lipinski definition) is 4. The van der Waals surface area contributed by atoms with E-state index in [1.807, 2.05) is 0 Å². The second kappa shape index (κ2) is 6.49. The topological polar surface area (TPSA) is 75.9 Å². The number of hydrogen-bond donors (Lipinski definition) is 1. The highest BCUT2D eigenvalue weighted by Crippen LogP contribution is 2.23. The summed E-state index contributed by atoms with van der Waals surface area (Å²) in [5.74, 6) is 0.477. The summed E-state index contributed by atoms with van der Waals surface area (Å²) in [7, 11) is -1.59. The monoisotopic (exact) mass is 291 g/mol. The van der Waals surface area contributed by atoms with Crippen LogP contribution in [0, 0.1) is 5.92 Å². The van der Waals surface area contributed by atoms with Gasteiger partial charge in [0.25, 0.3) is 10.2 Å². The first-order chi connectivity index (χ1) is 9.07. The Morgan fingerprint density at radius 2 is 1.53 bits per heavy atom. The maximum Gasteiger partial charge on any atom is 0.281 e. The molecule has 0 amide bonds. The molecule has 0 aromatic carbocycles. The molecule has 2 fully saturated rings. The van der Waals surface area contributed by atoms with Crippen LogP contribution in [0.15, 0.2) is 0 Å². The number of rotatable bonds is 4. The van der Waals surface area contributed by atoms with Crippen molar-refractivity contribution in [1.29, 1.82) is 0 Å². The van der Waals surface area contributed by atoms with Crippen LogP contribution in [-0.4, -0.2) is 63.0 Å². The highest BCUT2D eigenvalue weighted by Gasteiger charge is 2.34. The fourth-order valence-corrected chi connectivity index (χ4v) is 4.51. The number of nitrogens with two attached hydrogens (primary N) is 1. The molecule has 2 aliphatic heterocycles.